The molecule has 2 rings (SSSR count). The molecule has 4 nitrogen and oxygen atoms in total. The molecule has 16 heavy (non-hydrogen) atoms. The van der Waals surface area contributed by atoms with Crippen LogP contribution < -0.4 is 15.4 Å². The standard InChI is InChI=1S/C12H16N2O2/c1-8-3-4-10(6-11(8)16-2)14-7-9(13)5-12(14)15/h3-4,6,9H,5,7,13H2,1-2H3. The number of anilines is 1. The van der Waals surface area contributed by atoms with E-state index in [1.54, 1.807) is 12.0 Å². The number of ether oxygens (including phenoxy) is 1. The van der Waals surface area contributed by atoms with Crippen molar-refractivity contribution in [1.82, 2.24) is 0 Å². The predicted molar refractivity (Wildman–Crippen MR) is 62.7 cm³/mol. The summed E-state index contributed by atoms with van der Waals surface area (Å²) in [4.78, 5) is 13.4. The Morgan fingerprint density at radius 3 is 2.81 bits per heavy atom. The van der Waals surface area contributed by atoms with Gasteiger partial charge in [-0.3, -0.25) is 4.79 Å². The summed E-state index contributed by atoms with van der Waals surface area (Å²) in [5, 5.41) is 0. The zero-order chi connectivity index (χ0) is 11.7. The fourth-order valence-electron chi connectivity index (χ4n) is 1.96. The number of carbonyl (C=O) groups is 1. The molecule has 1 heterocycles. The summed E-state index contributed by atoms with van der Waals surface area (Å²) >= 11 is 0. The Hall–Kier alpha value is -1.55. The Balaban J connectivity index is 2.30. The van der Waals surface area contributed by atoms with Gasteiger partial charge in [0, 0.05) is 30.8 Å². The van der Waals surface area contributed by atoms with Gasteiger partial charge in [-0.15, -0.1) is 0 Å². The summed E-state index contributed by atoms with van der Waals surface area (Å²) in [6, 6.07) is 5.70. The highest BCUT2D eigenvalue weighted by atomic mass is 16.5. The van der Waals surface area contributed by atoms with Gasteiger partial charge in [-0.25, -0.2) is 0 Å². The van der Waals surface area contributed by atoms with Gasteiger partial charge in [-0.1, -0.05) is 6.07 Å². The summed E-state index contributed by atoms with van der Waals surface area (Å²) in [6.45, 7) is 2.56. The molecule has 1 unspecified atom stereocenters. The number of rotatable bonds is 2. The highest BCUT2D eigenvalue weighted by Gasteiger charge is 2.28. The molecular formula is C12H16N2O2. The SMILES string of the molecule is COc1cc(N2CC(N)CC2=O)ccc1C. The monoisotopic (exact) mass is 220 g/mol. The second-order valence-corrected chi connectivity index (χ2v) is 4.12. The Labute approximate surface area is 95.0 Å². The Kier molecular flexibility index (Phi) is 2.83. The number of hydrogen-bond acceptors (Lipinski definition) is 3. The summed E-state index contributed by atoms with van der Waals surface area (Å²) in [5.74, 6) is 0.879. The lowest BCUT2D eigenvalue weighted by atomic mass is 10.2. The fraction of sp³-hybridized carbons (Fsp3) is 0.417. The maximum Gasteiger partial charge on any atom is 0.228 e. The van der Waals surface area contributed by atoms with Crippen LogP contribution in [0.1, 0.15) is 12.0 Å². The average molecular weight is 220 g/mol. The van der Waals surface area contributed by atoms with Crippen LogP contribution in [-0.4, -0.2) is 25.6 Å². The van der Waals surface area contributed by atoms with Crippen molar-refractivity contribution in [3.05, 3.63) is 23.8 Å². The van der Waals surface area contributed by atoms with E-state index in [-0.39, 0.29) is 11.9 Å². The molecule has 1 saturated heterocycles. The Morgan fingerprint density at radius 1 is 1.50 bits per heavy atom. The lowest BCUT2D eigenvalue weighted by Crippen LogP contribution is -2.27. The van der Waals surface area contributed by atoms with Gasteiger partial charge in [0.25, 0.3) is 0 Å². The maximum absolute atomic E-state index is 11.7. The number of carbonyl (C=O) groups excluding carboxylic acids is 1. The quantitative estimate of drug-likeness (QED) is 0.811. The number of methoxy groups -OCH3 is 1. The van der Waals surface area contributed by atoms with E-state index in [0.717, 1.165) is 17.0 Å². The van der Waals surface area contributed by atoms with Crippen LogP contribution in [0.25, 0.3) is 0 Å². The van der Waals surface area contributed by atoms with Crippen molar-refractivity contribution in [2.24, 2.45) is 5.73 Å². The molecule has 1 fully saturated rings. The van der Waals surface area contributed by atoms with Gasteiger partial charge in [0.15, 0.2) is 0 Å². The van der Waals surface area contributed by atoms with E-state index in [4.69, 9.17) is 10.5 Å². The molecule has 0 radical (unpaired) electrons. The van der Waals surface area contributed by atoms with Gasteiger partial charge in [0.2, 0.25) is 5.91 Å². The normalized spacial score (nSPS) is 20.3. The molecule has 0 aliphatic carbocycles. The summed E-state index contributed by atoms with van der Waals surface area (Å²) in [7, 11) is 1.63. The summed E-state index contributed by atoms with van der Waals surface area (Å²) < 4.78 is 5.24. The van der Waals surface area contributed by atoms with Crippen molar-refractivity contribution in [1.29, 1.82) is 0 Å². The minimum Gasteiger partial charge on any atom is -0.496 e. The Bertz CT molecular complexity index is 417. The van der Waals surface area contributed by atoms with E-state index in [9.17, 15) is 4.79 Å². The summed E-state index contributed by atoms with van der Waals surface area (Å²) in [5.41, 5.74) is 7.68. The van der Waals surface area contributed by atoms with E-state index in [1.807, 2.05) is 25.1 Å². The van der Waals surface area contributed by atoms with E-state index in [1.165, 1.54) is 0 Å². The van der Waals surface area contributed by atoms with E-state index in [2.05, 4.69) is 0 Å². The van der Waals surface area contributed by atoms with Crippen molar-refractivity contribution in [2.45, 2.75) is 19.4 Å². The molecule has 1 aromatic carbocycles. The van der Waals surface area contributed by atoms with Crippen LogP contribution in [0.15, 0.2) is 18.2 Å². The van der Waals surface area contributed by atoms with E-state index in [0.29, 0.717) is 13.0 Å². The number of hydrogen-bond donors (Lipinski definition) is 1. The molecule has 2 N–H and O–H groups in total. The summed E-state index contributed by atoms with van der Waals surface area (Å²) in [6.07, 6.45) is 0.427. The van der Waals surface area contributed by atoms with Crippen molar-refractivity contribution in [3.8, 4) is 5.75 Å². The molecule has 1 atom stereocenters. The highest BCUT2D eigenvalue weighted by Crippen LogP contribution is 2.27. The molecular weight excluding hydrogens is 204 g/mol. The van der Waals surface area contributed by atoms with Gasteiger partial charge >= 0.3 is 0 Å². The van der Waals surface area contributed by atoms with Crippen LogP contribution in [0.3, 0.4) is 0 Å². The lowest BCUT2D eigenvalue weighted by Gasteiger charge is -2.17. The van der Waals surface area contributed by atoms with Crippen molar-refractivity contribution >= 4 is 11.6 Å². The molecule has 1 aliphatic heterocycles. The van der Waals surface area contributed by atoms with E-state index >= 15 is 0 Å². The van der Waals surface area contributed by atoms with Crippen molar-refractivity contribution in [3.63, 3.8) is 0 Å². The molecule has 0 bridgehead atoms. The number of nitrogens with zero attached hydrogens (tertiary/aromatic N) is 1. The number of aryl methyl sites for hydroxylation is 1. The van der Waals surface area contributed by atoms with Gasteiger partial charge in [-0.05, 0) is 18.6 Å². The third kappa shape index (κ3) is 1.88. The van der Waals surface area contributed by atoms with Crippen LogP contribution in [0.5, 0.6) is 5.75 Å². The van der Waals surface area contributed by atoms with Crippen LogP contribution in [0, 0.1) is 6.92 Å². The first-order valence-corrected chi connectivity index (χ1v) is 5.32. The third-order valence-electron chi connectivity index (χ3n) is 2.86. The molecule has 0 saturated carbocycles. The minimum absolute atomic E-state index is 0.0557. The first-order chi connectivity index (χ1) is 7.61. The molecule has 4 heteroatoms. The predicted octanol–water partition coefficient (Wildman–Crippen LogP) is 1.07. The van der Waals surface area contributed by atoms with Gasteiger partial charge < -0.3 is 15.4 Å². The van der Waals surface area contributed by atoms with Gasteiger partial charge in [0.05, 0.1) is 7.11 Å². The second kappa shape index (κ2) is 4.14. The molecule has 1 amide bonds. The Morgan fingerprint density at radius 2 is 2.25 bits per heavy atom. The minimum atomic E-state index is -0.0557. The van der Waals surface area contributed by atoms with Gasteiger partial charge in [-0.2, -0.15) is 0 Å². The number of benzene rings is 1. The molecule has 0 spiro atoms. The molecule has 1 aromatic rings. The molecule has 0 aromatic heterocycles. The third-order valence-corrected chi connectivity index (χ3v) is 2.86. The van der Waals surface area contributed by atoms with Crippen molar-refractivity contribution in [2.75, 3.05) is 18.6 Å². The van der Waals surface area contributed by atoms with Crippen LogP contribution in [0.4, 0.5) is 5.69 Å². The number of nitrogens with two attached hydrogens (primary N) is 1. The maximum atomic E-state index is 11.7. The van der Waals surface area contributed by atoms with Crippen molar-refractivity contribution < 1.29 is 9.53 Å². The zero-order valence-corrected chi connectivity index (χ0v) is 9.56. The van der Waals surface area contributed by atoms with Crippen LogP contribution in [0.2, 0.25) is 0 Å². The second-order valence-electron chi connectivity index (χ2n) is 4.12. The smallest absolute Gasteiger partial charge is 0.228 e. The molecule has 86 valence electrons. The largest absolute Gasteiger partial charge is 0.496 e. The zero-order valence-electron chi connectivity index (χ0n) is 9.56. The first kappa shape index (κ1) is 11.0. The highest BCUT2D eigenvalue weighted by molar-refractivity contribution is 5.96. The fourth-order valence-corrected chi connectivity index (χ4v) is 1.96. The van der Waals surface area contributed by atoms with Gasteiger partial charge in [0.1, 0.15) is 5.75 Å². The van der Waals surface area contributed by atoms with E-state index < -0.39 is 0 Å². The topological polar surface area (TPSA) is 55.6 Å². The first-order valence-electron chi connectivity index (χ1n) is 5.32. The lowest BCUT2D eigenvalue weighted by molar-refractivity contribution is -0.117. The number of amides is 1. The van der Waals surface area contributed by atoms with Crippen LogP contribution >= 0.6 is 0 Å². The molecule has 1 aliphatic rings. The van der Waals surface area contributed by atoms with Crippen LogP contribution in [-0.2, 0) is 4.79 Å². The average Bonchev–Trinajstić information content (AvgIpc) is 2.59.